The van der Waals surface area contributed by atoms with Gasteiger partial charge in [-0.3, -0.25) is 14.6 Å². The second-order valence-corrected chi connectivity index (χ2v) is 7.49. The Hall–Kier alpha value is -3.94. The van der Waals surface area contributed by atoms with E-state index in [-0.39, 0.29) is 0 Å². The summed E-state index contributed by atoms with van der Waals surface area (Å²) in [7, 11) is 1.36. The Kier molecular flexibility index (Phi) is 6.30. The van der Waals surface area contributed by atoms with E-state index in [1.807, 2.05) is 48.5 Å². The largest absolute Gasteiger partial charge is 0.464 e. The molecule has 0 amide bonds. The highest BCUT2D eigenvalue weighted by Crippen LogP contribution is 2.30. The first-order chi connectivity index (χ1) is 15.6. The maximum atomic E-state index is 12.2. The van der Waals surface area contributed by atoms with Gasteiger partial charge in [-0.15, -0.1) is 0 Å². The number of ether oxygens (including phenoxy) is 1. The van der Waals surface area contributed by atoms with Crippen molar-refractivity contribution in [1.29, 1.82) is 0 Å². The first-order valence-corrected chi connectivity index (χ1v) is 10.5. The summed E-state index contributed by atoms with van der Waals surface area (Å²) in [5.74, 6) is -0.645. The molecule has 0 spiro atoms. The molecule has 0 atom stereocenters. The number of nitrogens with zero attached hydrogens (tertiary/aromatic N) is 2. The van der Waals surface area contributed by atoms with Gasteiger partial charge in [0.25, 0.3) is 0 Å². The van der Waals surface area contributed by atoms with Gasteiger partial charge in [0.1, 0.15) is 0 Å². The van der Waals surface area contributed by atoms with Crippen LogP contribution < -0.4 is 5.76 Å². The molecule has 4 aromatic rings. The number of nitrogens with one attached hydrogen (secondary N) is 2. The zero-order chi connectivity index (χ0) is 22.5. The topological polar surface area (TPSA) is 114 Å². The van der Waals surface area contributed by atoms with Crippen LogP contribution in [0.2, 0.25) is 0 Å². The van der Waals surface area contributed by atoms with E-state index < -0.39 is 11.7 Å². The predicted molar refractivity (Wildman–Crippen MR) is 119 cm³/mol. The molecule has 2 heterocycles. The molecule has 2 N–H and O–H groups in total. The number of aromatic nitrogens is 4. The monoisotopic (exact) mass is 432 g/mol. The highest BCUT2D eigenvalue weighted by atomic mass is 16.5. The number of carbonyl (C=O) groups excluding carboxylic acids is 1. The maximum absolute atomic E-state index is 12.2. The molecule has 0 unspecified atom stereocenters. The van der Waals surface area contributed by atoms with E-state index >= 15 is 0 Å². The average molecular weight is 432 g/mol. The van der Waals surface area contributed by atoms with Gasteiger partial charge in [0, 0.05) is 23.2 Å². The molecule has 8 heteroatoms. The molecule has 0 radical (unpaired) electrons. The third-order valence-corrected chi connectivity index (χ3v) is 5.38. The Morgan fingerprint density at radius 2 is 1.84 bits per heavy atom. The van der Waals surface area contributed by atoms with E-state index in [1.165, 1.54) is 7.11 Å². The summed E-state index contributed by atoms with van der Waals surface area (Å²) in [6, 6.07) is 15.7. The third-order valence-electron chi connectivity index (χ3n) is 5.38. The number of rotatable bonds is 8. The van der Waals surface area contributed by atoms with Gasteiger partial charge < -0.3 is 4.74 Å². The van der Waals surface area contributed by atoms with Crippen LogP contribution in [0, 0.1) is 0 Å². The number of aryl methyl sites for hydroxylation is 1. The summed E-state index contributed by atoms with van der Waals surface area (Å²) in [6.07, 6.45) is 3.46. The van der Waals surface area contributed by atoms with E-state index in [2.05, 4.69) is 31.8 Å². The highest BCUT2D eigenvalue weighted by molar-refractivity contribution is 5.89. The number of aromatic amines is 2. The van der Waals surface area contributed by atoms with Gasteiger partial charge in [-0.25, -0.2) is 9.59 Å². The fourth-order valence-corrected chi connectivity index (χ4v) is 3.71. The second-order valence-electron chi connectivity index (χ2n) is 7.49. The summed E-state index contributed by atoms with van der Waals surface area (Å²) in [4.78, 5) is 26.2. The van der Waals surface area contributed by atoms with Crippen molar-refractivity contribution in [2.45, 2.75) is 32.6 Å². The van der Waals surface area contributed by atoms with Crippen LogP contribution in [0.15, 0.2) is 57.8 Å². The Morgan fingerprint density at radius 3 is 2.50 bits per heavy atom. The number of hydrogen-bond donors (Lipinski definition) is 2. The van der Waals surface area contributed by atoms with Gasteiger partial charge in [0.2, 0.25) is 0 Å². The van der Waals surface area contributed by atoms with Gasteiger partial charge in [0.15, 0.2) is 11.5 Å². The zero-order valence-corrected chi connectivity index (χ0v) is 18.0. The van der Waals surface area contributed by atoms with Gasteiger partial charge in [-0.05, 0) is 29.5 Å². The van der Waals surface area contributed by atoms with Crippen LogP contribution in [0.4, 0.5) is 0 Å². The predicted octanol–water partition coefficient (Wildman–Crippen LogP) is 4.14. The van der Waals surface area contributed by atoms with Gasteiger partial charge in [-0.2, -0.15) is 5.10 Å². The normalized spacial score (nSPS) is 10.9. The smallest absolute Gasteiger partial charge is 0.439 e. The molecular formula is C24H24N4O4. The van der Waals surface area contributed by atoms with Crippen LogP contribution in [0.3, 0.4) is 0 Å². The lowest BCUT2D eigenvalue weighted by atomic mass is 9.95. The van der Waals surface area contributed by atoms with Crippen LogP contribution in [0.1, 0.15) is 47.1 Å². The zero-order valence-electron chi connectivity index (χ0n) is 18.0. The standard InChI is InChI=1S/C24H24N4O4/c1-3-4-9-20-19(21(27-26-20)23(29)31-2)14-15-10-12-16(13-11-15)17-7-5-6-8-18(17)22-25-24(30)32-28-22/h5-8,10-13H,3-4,9,14H2,1-2H3,(H,26,27)(H,25,28,30). The van der Waals surface area contributed by atoms with Gasteiger partial charge >= 0.3 is 11.7 Å². The first kappa shape index (κ1) is 21.3. The molecule has 164 valence electrons. The maximum Gasteiger partial charge on any atom is 0.439 e. The van der Waals surface area contributed by atoms with Crippen LogP contribution in [0.5, 0.6) is 0 Å². The van der Waals surface area contributed by atoms with Gasteiger partial charge in [-0.1, -0.05) is 67.0 Å². The molecule has 0 saturated heterocycles. The Morgan fingerprint density at radius 1 is 1.09 bits per heavy atom. The van der Waals surface area contributed by atoms with Crippen molar-refractivity contribution in [3.63, 3.8) is 0 Å². The summed E-state index contributed by atoms with van der Waals surface area (Å²) in [5, 5.41) is 11.0. The summed E-state index contributed by atoms with van der Waals surface area (Å²) >= 11 is 0. The minimum Gasteiger partial charge on any atom is -0.464 e. The molecular weight excluding hydrogens is 408 g/mol. The van der Waals surface area contributed by atoms with Crippen LogP contribution in [0.25, 0.3) is 22.5 Å². The average Bonchev–Trinajstić information content (AvgIpc) is 3.44. The molecule has 0 aliphatic rings. The quantitative estimate of drug-likeness (QED) is 0.405. The number of benzene rings is 2. The Bertz CT molecular complexity index is 1270. The minimum atomic E-state index is -0.592. The van der Waals surface area contributed by atoms with Crippen molar-refractivity contribution in [3.8, 4) is 22.5 Å². The lowest BCUT2D eigenvalue weighted by Crippen LogP contribution is -2.06. The lowest BCUT2D eigenvalue weighted by Gasteiger charge is -2.09. The molecule has 2 aromatic carbocycles. The first-order valence-electron chi connectivity index (χ1n) is 10.5. The number of H-pyrrole nitrogens is 2. The van der Waals surface area contributed by atoms with E-state index in [4.69, 9.17) is 4.74 Å². The summed E-state index contributed by atoms with van der Waals surface area (Å²) < 4.78 is 9.56. The molecule has 32 heavy (non-hydrogen) atoms. The van der Waals surface area contributed by atoms with Crippen LogP contribution >= 0.6 is 0 Å². The van der Waals surface area contributed by atoms with Crippen molar-refractivity contribution in [2.24, 2.45) is 0 Å². The van der Waals surface area contributed by atoms with Crippen LogP contribution in [-0.4, -0.2) is 33.4 Å². The Labute approximate surface area is 184 Å². The lowest BCUT2D eigenvalue weighted by molar-refractivity contribution is 0.0593. The molecule has 0 aliphatic carbocycles. The Balaban J connectivity index is 1.63. The number of carbonyl (C=O) groups is 1. The molecule has 2 aromatic heterocycles. The molecule has 0 aliphatic heterocycles. The van der Waals surface area contributed by atoms with Crippen molar-refractivity contribution < 1.29 is 14.1 Å². The fourth-order valence-electron chi connectivity index (χ4n) is 3.71. The van der Waals surface area contributed by atoms with E-state index in [1.54, 1.807) is 0 Å². The number of unbranched alkanes of at least 4 members (excludes halogenated alkanes) is 1. The third kappa shape index (κ3) is 4.39. The van der Waals surface area contributed by atoms with Crippen molar-refractivity contribution >= 4 is 5.97 Å². The molecule has 8 nitrogen and oxygen atoms in total. The molecule has 0 fully saturated rings. The number of hydrogen-bond acceptors (Lipinski definition) is 6. The SMILES string of the molecule is CCCCc1[nH]nc(C(=O)OC)c1Cc1ccc(-c2ccccc2-c2noc(=O)[nH]2)cc1. The molecule has 0 bridgehead atoms. The minimum absolute atomic E-state index is 0.336. The highest BCUT2D eigenvalue weighted by Gasteiger charge is 2.20. The van der Waals surface area contributed by atoms with Crippen molar-refractivity contribution in [3.05, 3.63) is 81.6 Å². The summed E-state index contributed by atoms with van der Waals surface area (Å²) in [5.41, 5.74) is 5.89. The summed E-state index contributed by atoms with van der Waals surface area (Å²) in [6.45, 7) is 2.13. The second kappa shape index (κ2) is 9.47. The van der Waals surface area contributed by atoms with E-state index in [9.17, 15) is 9.59 Å². The number of methoxy groups -OCH3 is 1. The van der Waals surface area contributed by atoms with E-state index in [0.29, 0.717) is 17.9 Å². The van der Waals surface area contributed by atoms with Gasteiger partial charge in [0.05, 0.1) is 7.11 Å². The van der Waals surface area contributed by atoms with Crippen molar-refractivity contribution in [2.75, 3.05) is 7.11 Å². The van der Waals surface area contributed by atoms with E-state index in [0.717, 1.165) is 52.8 Å². The fraction of sp³-hybridized carbons (Fsp3) is 0.250. The van der Waals surface area contributed by atoms with Crippen molar-refractivity contribution in [1.82, 2.24) is 20.3 Å². The van der Waals surface area contributed by atoms with Crippen LogP contribution in [-0.2, 0) is 17.6 Å². The number of esters is 1. The molecule has 0 saturated carbocycles. The molecule has 4 rings (SSSR count).